The molecule has 1 aromatic rings. The summed E-state index contributed by atoms with van der Waals surface area (Å²) < 4.78 is 0. The van der Waals surface area contributed by atoms with E-state index in [1.54, 1.807) is 4.90 Å². The Morgan fingerprint density at radius 3 is 2.59 bits per heavy atom. The van der Waals surface area contributed by atoms with E-state index in [2.05, 4.69) is 16.3 Å². The number of hydrogen-bond donors (Lipinski definition) is 1. The van der Waals surface area contributed by atoms with Gasteiger partial charge in [0.25, 0.3) is 5.91 Å². The largest absolute Gasteiger partial charge is 0.349 e. The third-order valence-electron chi connectivity index (χ3n) is 5.12. The third kappa shape index (κ3) is 6.07. The summed E-state index contributed by atoms with van der Waals surface area (Å²) in [6.07, 6.45) is 1.68. The van der Waals surface area contributed by atoms with Gasteiger partial charge in [-0.25, -0.2) is 0 Å². The number of nitriles is 1. The molecule has 6 nitrogen and oxygen atoms in total. The molecule has 1 heterocycles. The fourth-order valence-electron chi connectivity index (χ4n) is 3.40. The lowest BCUT2D eigenvalue weighted by atomic mass is 10.0. The molecule has 1 aliphatic rings. The molecule has 1 unspecified atom stereocenters. The topological polar surface area (TPSA) is 76.4 Å². The van der Waals surface area contributed by atoms with E-state index in [0.29, 0.717) is 19.6 Å². The van der Waals surface area contributed by atoms with Gasteiger partial charge in [0.2, 0.25) is 5.91 Å². The third-order valence-corrected chi connectivity index (χ3v) is 5.12. The highest BCUT2D eigenvalue weighted by Gasteiger charge is 2.24. The quantitative estimate of drug-likeness (QED) is 0.798. The molecule has 1 N–H and O–H groups in total. The molecule has 6 heteroatoms. The second-order valence-electron chi connectivity index (χ2n) is 7.30. The van der Waals surface area contributed by atoms with Crippen molar-refractivity contribution in [2.24, 2.45) is 5.92 Å². The molecule has 0 saturated carbocycles. The summed E-state index contributed by atoms with van der Waals surface area (Å²) in [7, 11) is 0. The van der Waals surface area contributed by atoms with Crippen LogP contribution >= 0.6 is 0 Å². The lowest BCUT2D eigenvalue weighted by Gasteiger charge is -2.33. The number of likely N-dealkylation sites (N-methyl/N-ethyl adjacent to an activating group) is 1. The zero-order valence-corrected chi connectivity index (χ0v) is 16.6. The van der Waals surface area contributed by atoms with Crippen LogP contribution in [0.15, 0.2) is 24.3 Å². The molecular formula is C21H30N4O2. The first-order valence-corrected chi connectivity index (χ1v) is 9.70. The second kappa shape index (κ2) is 10.1. The number of nitrogens with one attached hydrogen (secondary N) is 1. The SMILES string of the molecule is CCN(CC(C)C#N)C(=O)CN1CCC(NC(=O)c2ccccc2C)CC1. The molecule has 2 rings (SSSR count). The van der Waals surface area contributed by atoms with Crippen LogP contribution in [0, 0.1) is 24.2 Å². The number of rotatable bonds is 7. The predicted molar refractivity (Wildman–Crippen MR) is 105 cm³/mol. The Morgan fingerprint density at radius 1 is 1.33 bits per heavy atom. The Morgan fingerprint density at radius 2 is 2.00 bits per heavy atom. The first-order chi connectivity index (χ1) is 12.9. The van der Waals surface area contributed by atoms with Crippen molar-refractivity contribution in [2.75, 3.05) is 32.7 Å². The van der Waals surface area contributed by atoms with Crippen molar-refractivity contribution in [1.82, 2.24) is 15.1 Å². The normalized spacial score (nSPS) is 16.4. The highest BCUT2D eigenvalue weighted by atomic mass is 16.2. The van der Waals surface area contributed by atoms with Crippen molar-refractivity contribution < 1.29 is 9.59 Å². The molecule has 27 heavy (non-hydrogen) atoms. The Bertz CT molecular complexity index is 690. The minimum absolute atomic E-state index is 0.0229. The summed E-state index contributed by atoms with van der Waals surface area (Å²) in [5.41, 5.74) is 1.70. The number of aryl methyl sites for hydroxylation is 1. The maximum Gasteiger partial charge on any atom is 0.251 e. The van der Waals surface area contributed by atoms with Crippen molar-refractivity contribution >= 4 is 11.8 Å². The van der Waals surface area contributed by atoms with E-state index in [1.807, 2.05) is 45.0 Å². The van der Waals surface area contributed by atoms with Crippen molar-refractivity contribution in [1.29, 1.82) is 5.26 Å². The van der Waals surface area contributed by atoms with Gasteiger partial charge in [0.1, 0.15) is 0 Å². The lowest BCUT2D eigenvalue weighted by Crippen LogP contribution is -2.48. The summed E-state index contributed by atoms with van der Waals surface area (Å²) in [4.78, 5) is 28.8. The van der Waals surface area contributed by atoms with Crippen LogP contribution in [0.3, 0.4) is 0 Å². The maximum absolute atomic E-state index is 12.5. The van der Waals surface area contributed by atoms with Gasteiger partial charge < -0.3 is 10.2 Å². The molecule has 1 fully saturated rings. The fourth-order valence-corrected chi connectivity index (χ4v) is 3.40. The lowest BCUT2D eigenvalue weighted by molar-refractivity contribution is -0.132. The number of carbonyl (C=O) groups is 2. The summed E-state index contributed by atoms with van der Waals surface area (Å²) in [6, 6.07) is 9.92. The van der Waals surface area contributed by atoms with Crippen molar-refractivity contribution in [2.45, 2.75) is 39.7 Å². The molecule has 0 aromatic heterocycles. The summed E-state index contributed by atoms with van der Waals surface area (Å²) in [5.74, 6) is -0.108. The van der Waals surface area contributed by atoms with E-state index < -0.39 is 0 Å². The van der Waals surface area contributed by atoms with Crippen LogP contribution in [0.2, 0.25) is 0 Å². The van der Waals surface area contributed by atoms with E-state index in [4.69, 9.17) is 5.26 Å². The van der Waals surface area contributed by atoms with E-state index in [9.17, 15) is 9.59 Å². The molecule has 1 aliphatic heterocycles. The predicted octanol–water partition coefficient (Wildman–Crippen LogP) is 2.20. The smallest absolute Gasteiger partial charge is 0.251 e. The minimum atomic E-state index is -0.156. The molecule has 0 spiro atoms. The second-order valence-corrected chi connectivity index (χ2v) is 7.30. The van der Waals surface area contributed by atoms with E-state index in [0.717, 1.165) is 37.1 Å². The zero-order chi connectivity index (χ0) is 19.8. The van der Waals surface area contributed by atoms with Gasteiger partial charge in [-0.3, -0.25) is 14.5 Å². The maximum atomic E-state index is 12.5. The van der Waals surface area contributed by atoms with Crippen molar-refractivity contribution in [3.05, 3.63) is 35.4 Å². The van der Waals surface area contributed by atoms with Gasteiger partial charge in [-0.05, 0) is 45.2 Å². The molecule has 1 saturated heterocycles. The molecule has 146 valence electrons. The van der Waals surface area contributed by atoms with Gasteiger partial charge in [0.15, 0.2) is 0 Å². The van der Waals surface area contributed by atoms with Crippen LogP contribution < -0.4 is 5.32 Å². The minimum Gasteiger partial charge on any atom is -0.349 e. The van der Waals surface area contributed by atoms with Crippen molar-refractivity contribution in [3.63, 3.8) is 0 Å². The molecule has 2 amide bonds. The van der Waals surface area contributed by atoms with Gasteiger partial charge in [-0.15, -0.1) is 0 Å². The number of carbonyl (C=O) groups excluding carboxylic acids is 2. The average molecular weight is 370 g/mol. The number of amides is 2. The summed E-state index contributed by atoms with van der Waals surface area (Å²) in [6.45, 7) is 8.77. The number of likely N-dealkylation sites (tertiary alicyclic amines) is 1. The van der Waals surface area contributed by atoms with Crippen LogP contribution in [0.5, 0.6) is 0 Å². The van der Waals surface area contributed by atoms with Crippen LogP contribution in [-0.2, 0) is 4.79 Å². The Labute approximate surface area is 162 Å². The van der Waals surface area contributed by atoms with Crippen LogP contribution in [0.25, 0.3) is 0 Å². The number of piperidine rings is 1. The molecule has 0 aliphatic carbocycles. The van der Waals surface area contributed by atoms with Crippen LogP contribution in [0.1, 0.15) is 42.6 Å². The average Bonchev–Trinajstić information content (AvgIpc) is 2.67. The van der Waals surface area contributed by atoms with E-state index in [1.165, 1.54) is 0 Å². The van der Waals surface area contributed by atoms with Gasteiger partial charge in [0.05, 0.1) is 18.5 Å². The zero-order valence-electron chi connectivity index (χ0n) is 16.6. The first kappa shape index (κ1) is 20.9. The van der Waals surface area contributed by atoms with E-state index >= 15 is 0 Å². The summed E-state index contributed by atoms with van der Waals surface area (Å²) in [5, 5.41) is 12.1. The number of nitrogens with zero attached hydrogens (tertiary/aromatic N) is 3. The first-order valence-electron chi connectivity index (χ1n) is 9.70. The Hall–Kier alpha value is -2.39. The number of benzene rings is 1. The van der Waals surface area contributed by atoms with Crippen LogP contribution in [-0.4, -0.2) is 60.4 Å². The molecular weight excluding hydrogens is 340 g/mol. The number of hydrogen-bond acceptors (Lipinski definition) is 4. The molecule has 0 radical (unpaired) electrons. The van der Waals surface area contributed by atoms with Gasteiger partial charge in [0, 0.05) is 37.8 Å². The van der Waals surface area contributed by atoms with Gasteiger partial charge >= 0.3 is 0 Å². The van der Waals surface area contributed by atoms with Crippen LogP contribution in [0.4, 0.5) is 0 Å². The molecule has 0 bridgehead atoms. The fraction of sp³-hybridized carbons (Fsp3) is 0.571. The van der Waals surface area contributed by atoms with E-state index in [-0.39, 0.29) is 23.8 Å². The summed E-state index contributed by atoms with van der Waals surface area (Å²) >= 11 is 0. The molecule has 1 aromatic carbocycles. The molecule has 1 atom stereocenters. The monoisotopic (exact) mass is 370 g/mol. The van der Waals surface area contributed by atoms with Gasteiger partial charge in [-0.2, -0.15) is 5.26 Å². The van der Waals surface area contributed by atoms with Gasteiger partial charge in [-0.1, -0.05) is 18.2 Å². The Balaban J connectivity index is 1.79. The highest BCUT2D eigenvalue weighted by molar-refractivity contribution is 5.95. The van der Waals surface area contributed by atoms with Crippen molar-refractivity contribution in [3.8, 4) is 6.07 Å². The Kier molecular flexibility index (Phi) is 7.81. The highest BCUT2D eigenvalue weighted by Crippen LogP contribution is 2.13. The standard InChI is InChI=1S/C21H30N4O2/c1-4-25(14-16(2)13-22)20(26)15-24-11-9-18(10-12-24)23-21(27)19-8-6-5-7-17(19)3/h5-8,16,18H,4,9-12,14-15H2,1-3H3,(H,23,27).